The molecule has 6 heteroatoms. The molecule has 0 saturated heterocycles. The van der Waals surface area contributed by atoms with Gasteiger partial charge in [-0.25, -0.2) is 0 Å². The van der Waals surface area contributed by atoms with E-state index in [0.717, 1.165) is 11.3 Å². The van der Waals surface area contributed by atoms with Crippen molar-refractivity contribution >= 4 is 26.7 Å². The summed E-state index contributed by atoms with van der Waals surface area (Å²) in [5.41, 5.74) is 1.44. The quantitative estimate of drug-likeness (QED) is 0.616. The van der Waals surface area contributed by atoms with E-state index in [0.29, 0.717) is 0 Å². The summed E-state index contributed by atoms with van der Waals surface area (Å²) in [5.74, 6) is 0. The van der Waals surface area contributed by atoms with Gasteiger partial charge >= 0.3 is 0 Å². The van der Waals surface area contributed by atoms with Crippen molar-refractivity contribution in [3.05, 3.63) is 16.6 Å². The molecule has 0 atom stereocenters. The Hall–Kier alpha value is -0.720. The Bertz CT molecular complexity index is 329. The van der Waals surface area contributed by atoms with E-state index in [9.17, 15) is 8.42 Å². The molecule has 0 bridgehead atoms. The van der Waals surface area contributed by atoms with E-state index in [1.807, 2.05) is 0 Å². The first-order valence-electron chi connectivity index (χ1n) is 2.26. The summed E-state index contributed by atoms with van der Waals surface area (Å²) in [5, 5.41) is 8.11. The van der Waals surface area contributed by atoms with E-state index >= 15 is 0 Å². The van der Waals surface area contributed by atoms with Crippen LogP contribution in [-0.4, -0.2) is 23.6 Å². The van der Waals surface area contributed by atoms with Crippen LogP contribution in [0.5, 0.6) is 0 Å². The Labute approximate surface area is 62.3 Å². The normalized spacial score (nSPS) is 9.30. The molecule has 0 saturated carbocycles. The van der Waals surface area contributed by atoms with Gasteiger partial charge < -0.3 is 5.11 Å². The largest absolute Gasteiger partial charge is 0.347 e. The van der Waals surface area contributed by atoms with Crippen molar-refractivity contribution in [2.45, 2.75) is 0 Å². The van der Waals surface area contributed by atoms with Gasteiger partial charge in [0, 0.05) is 6.20 Å². The molecule has 54 valence electrons. The summed E-state index contributed by atoms with van der Waals surface area (Å²) in [7, 11) is -2.55. The molecular formula is C4H3NO3S2. The number of hydrogen-bond acceptors (Lipinski definition) is 4. The van der Waals surface area contributed by atoms with Gasteiger partial charge in [0.15, 0.2) is 0 Å². The number of rotatable bonds is 1. The Morgan fingerprint density at radius 2 is 2.40 bits per heavy atom. The average molecular weight is 177 g/mol. The second kappa shape index (κ2) is 2.91. The lowest BCUT2D eigenvalue weighted by molar-refractivity contribution is 0.562. The van der Waals surface area contributed by atoms with Crippen LogP contribution >= 0.6 is 11.3 Å². The highest BCUT2D eigenvalue weighted by Gasteiger charge is 2.01. The van der Waals surface area contributed by atoms with Crippen molar-refractivity contribution in [3.63, 3.8) is 0 Å². The minimum atomic E-state index is -2.55. The first kappa shape index (κ1) is 7.39. The lowest BCUT2D eigenvalue weighted by Crippen LogP contribution is -1.95. The van der Waals surface area contributed by atoms with E-state index in [-0.39, 0.29) is 4.88 Å². The summed E-state index contributed by atoms with van der Waals surface area (Å²) in [6.45, 7) is 0. The fourth-order valence-corrected chi connectivity index (χ4v) is 1.43. The molecular weight excluding hydrogens is 174 g/mol. The molecule has 0 aromatic carbocycles. The zero-order valence-corrected chi connectivity index (χ0v) is 6.32. The van der Waals surface area contributed by atoms with Crippen LogP contribution in [0.2, 0.25) is 0 Å². The van der Waals surface area contributed by atoms with Crippen LogP contribution in [0, 0.1) is 0 Å². The molecule has 0 aliphatic heterocycles. The van der Waals surface area contributed by atoms with E-state index in [4.69, 9.17) is 5.11 Å². The molecule has 0 aliphatic carbocycles. The van der Waals surface area contributed by atoms with Gasteiger partial charge in [0.25, 0.3) is 0 Å². The number of aliphatic hydroxyl groups is 1. The van der Waals surface area contributed by atoms with Crippen LogP contribution in [0.3, 0.4) is 0 Å². The molecule has 0 spiro atoms. The Morgan fingerprint density at radius 1 is 1.70 bits per heavy atom. The number of nitrogens with zero attached hydrogens (tertiary/aromatic N) is 1. The van der Waals surface area contributed by atoms with Gasteiger partial charge in [-0.2, -0.15) is 8.42 Å². The van der Waals surface area contributed by atoms with Crippen molar-refractivity contribution in [1.82, 2.24) is 4.98 Å². The van der Waals surface area contributed by atoms with E-state index in [1.165, 1.54) is 11.7 Å². The highest BCUT2D eigenvalue weighted by Crippen LogP contribution is 2.03. The zero-order valence-electron chi connectivity index (χ0n) is 4.68. The third-order valence-corrected chi connectivity index (χ3v) is 2.25. The Kier molecular flexibility index (Phi) is 2.15. The number of hydrogen-bond donors (Lipinski definition) is 1. The molecule has 1 N–H and O–H groups in total. The van der Waals surface area contributed by atoms with Crippen LogP contribution in [0.25, 0.3) is 0 Å². The highest BCUT2D eigenvalue weighted by atomic mass is 32.2. The molecule has 10 heavy (non-hydrogen) atoms. The number of thiazole rings is 1. The predicted octanol–water partition coefficient (Wildman–Crippen LogP) is 0.0582. The number of aromatic nitrogens is 1. The zero-order chi connectivity index (χ0) is 7.56. The third-order valence-electron chi connectivity index (χ3n) is 0.801. The van der Waals surface area contributed by atoms with Gasteiger partial charge in [-0.3, -0.25) is 4.98 Å². The Morgan fingerprint density at radius 3 is 2.80 bits per heavy atom. The molecule has 1 aromatic rings. The van der Waals surface area contributed by atoms with Crippen molar-refractivity contribution in [3.8, 4) is 0 Å². The first-order valence-corrected chi connectivity index (χ1v) is 4.21. The first-order chi connectivity index (χ1) is 4.72. The second-order valence-electron chi connectivity index (χ2n) is 1.41. The van der Waals surface area contributed by atoms with Crippen LogP contribution in [0.4, 0.5) is 0 Å². The minimum Gasteiger partial charge on any atom is -0.347 e. The molecule has 0 unspecified atom stereocenters. The van der Waals surface area contributed by atoms with Gasteiger partial charge in [-0.05, 0) is 0 Å². The molecule has 4 nitrogen and oxygen atoms in total. The molecule has 1 aromatic heterocycles. The lowest BCUT2D eigenvalue weighted by Gasteiger charge is -1.81. The van der Waals surface area contributed by atoms with E-state index in [1.54, 1.807) is 0 Å². The van der Waals surface area contributed by atoms with Crippen LogP contribution in [-0.2, 0) is 10.3 Å². The smallest absolute Gasteiger partial charge is 0.246 e. The van der Waals surface area contributed by atoms with Crippen molar-refractivity contribution in [2.24, 2.45) is 0 Å². The average Bonchev–Trinajstić information content (AvgIpc) is 2.36. The maximum atomic E-state index is 10.1. The van der Waals surface area contributed by atoms with Gasteiger partial charge in [0.05, 0.1) is 10.4 Å². The molecule has 1 heterocycles. The van der Waals surface area contributed by atoms with Gasteiger partial charge in [-0.15, -0.1) is 11.3 Å². The highest BCUT2D eigenvalue weighted by molar-refractivity contribution is 7.73. The maximum Gasteiger partial charge on any atom is 0.246 e. The molecule has 0 fully saturated rings. The third kappa shape index (κ3) is 1.41. The van der Waals surface area contributed by atoms with Gasteiger partial charge in [0.2, 0.25) is 15.3 Å². The number of aliphatic hydroxyl groups excluding tert-OH is 1. The fourth-order valence-electron chi connectivity index (χ4n) is 0.404. The van der Waals surface area contributed by atoms with Gasteiger partial charge in [-0.1, -0.05) is 0 Å². The van der Waals surface area contributed by atoms with Crippen molar-refractivity contribution in [2.75, 3.05) is 0 Å². The second-order valence-corrected chi connectivity index (χ2v) is 3.15. The van der Waals surface area contributed by atoms with Crippen LogP contribution in [0.15, 0.2) is 11.7 Å². The van der Waals surface area contributed by atoms with E-state index in [2.05, 4.69) is 4.98 Å². The van der Waals surface area contributed by atoms with Crippen molar-refractivity contribution in [1.29, 1.82) is 0 Å². The van der Waals surface area contributed by atoms with Crippen LogP contribution in [0.1, 0.15) is 4.88 Å². The topological polar surface area (TPSA) is 67.3 Å². The monoisotopic (exact) mass is 177 g/mol. The standard InChI is InChI=1S/C4H3NO3S2/c6-4(10(7)8)3-1-5-2-9-3/h1-2,6H. The summed E-state index contributed by atoms with van der Waals surface area (Å²) < 4.78 is 20.2. The maximum absolute atomic E-state index is 10.1. The lowest BCUT2D eigenvalue weighted by atomic mass is 10.6. The van der Waals surface area contributed by atoms with Gasteiger partial charge in [0.1, 0.15) is 0 Å². The van der Waals surface area contributed by atoms with E-state index < -0.39 is 15.3 Å². The molecule has 1 rings (SSSR count). The predicted molar refractivity (Wildman–Crippen MR) is 37.8 cm³/mol. The Balaban J connectivity index is 3.24. The molecule has 0 aliphatic rings. The summed E-state index contributed by atoms with van der Waals surface area (Å²) >= 11 is 1.07. The summed E-state index contributed by atoms with van der Waals surface area (Å²) in [6, 6.07) is 0. The summed E-state index contributed by atoms with van der Waals surface area (Å²) in [6.07, 6.45) is 1.29. The SMILES string of the molecule is O=S(=O)=C(O)c1cncs1. The minimum absolute atomic E-state index is 0.258. The molecule has 0 radical (unpaired) electrons. The fraction of sp³-hybridized carbons (Fsp3) is 0. The summed E-state index contributed by atoms with van der Waals surface area (Å²) in [4.78, 5) is 3.85. The van der Waals surface area contributed by atoms with Crippen LogP contribution < -0.4 is 0 Å². The van der Waals surface area contributed by atoms with Crippen molar-refractivity contribution < 1.29 is 13.5 Å². The molecule has 0 amide bonds.